The SMILES string of the molecule is O=C([O-])[C@H]1C[C@H](O)CN1C(=O)C12CC3CC(CC(C3)C1)C2. The minimum Gasteiger partial charge on any atom is -0.548 e. The van der Waals surface area contributed by atoms with Gasteiger partial charge in [0.1, 0.15) is 0 Å². The summed E-state index contributed by atoms with van der Waals surface area (Å²) >= 11 is 0. The van der Waals surface area contributed by atoms with Crippen molar-refractivity contribution in [2.24, 2.45) is 23.2 Å². The maximum Gasteiger partial charge on any atom is 0.229 e. The molecule has 5 heteroatoms. The predicted molar refractivity (Wildman–Crippen MR) is 71.7 cm³/mol. The highest BCUT2D eigenvalue weighted by Crippen LogP contribution is 2.60. The molecule has 2 atom stereocenters. The zero-order valence-corrected chi connectivity index (χ0v) is 12.2. The topological polar surface area (TPSA) is 80.7 Å². The highest BCUT2D eigenvalue weighted by Gasteiger charge is 2.56. The second-order valence-corrected chi connectivity index (χ2v) is 7.88. The average Bonchev–Trinajstić information content (AvgIpc) is 2.78. The summed E-state index contributed by atoms with van der Waals surface area (Å²) in [6, 6.07) is -0.944. The maximum atomic E-state index is 13.1. The van der Waals surface area contributed by atoms with Crippen molar-refractivity contribution in [2.45, 2.75) is 57.1 Å². The van der Waals surface area contributed by atoms with Gasteiger partial charge in [-0.25, -0.2) is 0 Å². The molecule has 1 heterocycles. The number of β-amino-alcohol motifs (C(OH)–C–C–N with tert-alkyl or cyclic N) is 1. The van der Waals surface area contributed by atoms with Crippen LogP contribution in [-0.4, -0.2) is 40.6 Å². The zero-order chi connectivity index (χ0) is 14.8. The van der Waals surface area contributed by atoms with Gasteiger partial charge < -0.3 is 19.9 Å². The first-order chi connectivity index (χ1) is 9.97. The van der Waals surface area contributed by atoms with E-state index in [9.17, 15) is 19.8 Å². The molecule has 116 valence electrons. The van der Waals surface area contributed by atoms with E-state index in [1.807, 2.05) is 0 Å². The Hall–Kier alpha value is -1.10. The molecule has 4 aliphatic carbocycles. The summed E-state index contributed by atoms with van der Waals surface area (Å²) in [4.78, 5) is 25.8. The van der Waals surface area contributed by atoms with Crippen molar-refractivity contribution in [1.82, 2.24) is 4.90 Å². The molecular formula is C16H22NO4-. The Morgan fingerprint density at radius 3 is 2.00 bits per heavy atom. The van der Waals surface area contributed by atoms with Gasteiger partial charge in [-0.15, -0.1) is 0 Å². The third kappa shape index (κ3) is 2.00. The van der Waals surface area contributed by atoms with Gasteiger partial charge in [-0.3, -0.25) is 4.79 Å². The molecule has 4 bridgehead atoms. The van der Waals surface area contributed by atoms with Crippen molar-refractivity contribution < 1.29 is 19.8 Å². The molecule has 4 saturated carbocycles. The van der Waals surface area contributed by atoms with Crippen LogP contribution in [0.2, 0.25) is 0 Å². The molecule has 1 aliphatic heterocycles. The summed E-state index contributed by atoms with van der Waals surface area (Å²) in [5, 5.41) is 21.0. The molecule has 0 radical (unpaired) electrons. The van der Waals surface area contributed by atoms with E-state index >= 15 is 0 Å². The Balaban J connectivity index is 1.61. The molecular weight excluding hydrogens is 270 g/mol. The van der Waals surface area contributed by atoms with Gasteiger partial charge in [-0.05, 0) is 56.3 Å². The maximum absolute atomic E-state index is 13.1. The van der Waals surface area contributed by atoms with Gasteiger partial charge in [-0.2, -0.15) is 0 Å². The number of likely N-dealkylation sites (tertiary alicyclic amines) is 1. The fourth-order valence-electron chi connectivity index (χ4n) is 5.94. The van der Waals surface area contributed by atoms with Crippen molar-refractivity contribution in [3.05, 3.63) is 0 Å². The molecule has 21 heavy (non-hydrogen) atoms. The molecule has 1 amide bonds. The predicted octanol–water partition coefficient (Wildman–Crippen LogP) is -0.0855. The molecule has 0 aromatic rings. The molecule has 5 fully saturated rings. The molecule has 1 N–H and O–H groups in total. The molecule has 0 aromatic carbocycles. The van der Waals surface area contributed by atoms with Gasteiger partial charge in [0.2, 0.25) is 5.91 Å². The second kappa shape index (κ2) is 4.45. The number of amides is 1. The molecule has 1 saturated heterocycles. The molecule has 5 nitrogen and oxygen atoms in total. The summed E-state index contributed by atoms with van der Waals surface area (Å²) in [7, 11) is 0. The van der Waals surface area contributed by atoms with Gasteiger partial charge >= 0.3 is 0 Å². The van der Waals surface area contributed by atoms with E-state index in [2.05, 4.69) is 0 Å². The van der Waals surface area contributed by atoms with Gasteiger partial charge in [0, 0.05) is 13.0 Å². The molecule has 0 spiro atoms. The number of hydrogen-bond donors (Lipinski definition) is 1. The molecule has 0 unspecified atom stereocenters. The first-order valence-electron chi connectivity index (χ1n) is 8.17. The number of carbonyl (C=O) groups is 2. The summed E-state index contributed by atoms with van der Waals surface area (Å²) < 4.78 is 0. The lowest BCUT2D eigenvalue weighted by molar-refractivity contribution is -0.310. The van der Waals surface area contributed by atoms with Crippen LogP contribution >= 0.6 is 0 Å². The highest BCUT2D eigenvalue weighted by molar-refractivity contribution is 5.88. The van der Waals surface area contributed by atoms with Crippen LogP contribution in [0.5, 0.6) is 0 Å². The summed E-state index contributed by atoms with van der Waals surface area (Å²) in [5.74, 6) is 0.689. The van der Waals surface area contributed by atoms with E-state index in [1.54, 1.807) is 0 Å². The van der Waals surface area contributed by atoms with Crippen molar-refractivity contribution >= 4 is 11.9 Å². The first-order valence-corrected chi connectivity index (χ1v) is 8.17. The second-order valence-electron chi connectivity index (χ2n) is 7.88. The number of hydrogen-bond acceptors (Lipinski definition) is 4. The third-order valence-corrected chi connectivity index (χ3v) is 6.30. The molecule has 5 rings (SSSR count). The van der Waals surface area contributed by atoms with Crippen LogP contribution < -0.4 is 5.11 Å². The van der Waals surface area contributed by atoms with Crippen LogP contribution in [0.1, 0.15) is 44.9 Å². The third-order valence-electron chi connectivity index (χ3n) is 6.30. The van der Waals surface area contributed by atoms with Gasteiger partial charge in [0.05, 0.1) is 23.5 Å². The van der Waals surface area contributed by atoms with E-state index in [0.717, 1.165) is 19.3 Å². The zero-order valence-electron chi connectivity index (χ0n) is 12.2. The van der Waals surface area contributed by atoms with Crippen LogP contribution in [-0.2, 0) is 9.59 Å². The largest absolute Gasteiger partial charge is 0.548 e. The summed E-state index contributed by atoms with van der Waals surface area (Å²) in [6.07, 6.45) is 5.89. The Morgan fingerprint density at radius 2 is 1.52 bits per heavy atom. The van der Waals surface area contributed by atoms with E-state index in [4.69, 9.17) is 0 Å². The number of aliphatic hydroxyl groups is 1. The average molecular weight is 292 g/mol. The van der Waals surface area contributed by atoms with E-state index < -0.39 is 18.1 Å². The van der Waals surface area contributed by atoms with E-state index in [1.165, 1.54) is 24.2 Å². The minimum absolute atomic E-state index is 0.0210. The van der Waals surface area contributed by atoms with Crippen molar-refractivity contribution in [3.63, 3.8) is 0 Å². The fraction of sp³-hybridized carbons (Fsp3) is 0.875. The lowest BCUT2D eigenvalue weighted by Gasteiger charge is -2.56. The van der Waals surface area contributed by atoms with Crippen LogP contribution in [0, 0.1) is 23.2 Å². The number of rotatable bonds is 2. The lowest BCUT2D eigenvalue weighted by Crippen LogP contribution is -2.57. The number of carboxylic acid groups (broad SMARTS) is 1. The Labute approximate surface area is 124 Å². The fourth-order valence-corrected chi connectivity index (χ4v) is 5.94. The van der Waals surface area contributed by atoms with E-state index in [0.29, 0.717) is 17.8 Å². The smallest absolute Gasteiger partial charge is 0.229 e. The Kier molecular flexibility index (Phi) is 2.87. The number of nitrogens with zero attached hydrogens (tertiary/aromatic N) is 1. The van der Waals surface area contributed by atoms with Gasteiger partial charge in [0.25, 0.3) is 0 Å². The van der Waals surface area contributed by atoms with Crippen molar-refractivity contribution in [1.29, 1.82) is 0 Å². The number of aliphatic carboxylic acids is 1. The minimum atomic E-state index is -1.23. The van der Waals surface area contributed by atoms with Crippen LogP contribution in [0.15, 0.2) is 0 Å². The van der Waals surface area contributed by atoms with Crippen LogP contribution in [0.4, 0.5) is 0 Å². The van der Waals surface area contributed by atoms with Crippen molar-refractivity contribution in [3.8, 4) is 0 Å². The van der Waals surface area contributed by atoms with Crippen LogP contribution in [0.3, 0.4) is 0 Å². The highest BCUT2D eigenvalue weighted by atomic mass is 16.4. The van der Waals surface area contributed by atoms with E-state index in [-0.39, 0.29) is 24.3 Å². The van der Waals surface area contributed by atoms with Crippen LogP contribution in [0.25, 0.3) is 0 Å². The van der Waals surface area contributed by atoms with Gasteiger partial charge in [0.15, 0.2) is 0 Å². The Morgan fingerprint density at radius 1 is 1.00 bits per heavy atom. The first kappa shape index (κ1) is 13.6. The number of aliphatic hydroxyl groups excluding tert-OH is 1. The summed E-state index contributed by atoms with van der Waals surface area (Å²) in [5.41, 5.74) is -0.341. The molecule has 5 aliphatic rings. The van der Waals surface area contributed by atoms with Crippen molar-refractivity contribution in [2.75, 3.05) is 6.54 Å². The quantitative estimate of drug-likeness (QED) is 0.771. The van der Waals surface area contributed by atoms with Gasteiger partial charge in [-0.1, -0.05) is 0 Å². The number of carbonyl (C=O) groups excluding carboxylic acids is 2. The molecule has 0 aromatic heterocycles. The lowest BCUT2D eigenvalue weighted by atomic mass is 9.49. The Bertz CT molecular complexity index is 453. The standard InChI is InChI=1S/C16H23NO4/c18-12-4-13(14(19)20)17(8-12)15(21)16-5-9-1-10(6-16)3-11(2-9)7-16/h9-13,18H,1-8H2,(H,19,20)/p-1/t9?,10?,11?,12-,13+,16?/m0/s1. The monoisotopic (exact) mass is 292 g/mol. The number of carboxylic acids is 1. The summed E-state index contributed by atoms with van der Waals surface area (Å²) in [6.45, 7) is 0.152. The normalized spacial score (nSPS) is 47.9.